The molecule has 0 aromatic heterocycles. The molecular formula is C10H11F3N2O. The van der Waals surface area contributed by atoms with Gasteiger partial charge >= 0.3 is 6.18 Å². The van der Waals surface area contributed by atoms with Crippen molar-refractivity contribution in [3.63, 3.8) is 0 Å². The van der Waals surface area contributed by atoms with Crippen LogP contribution in [0.5, 0.6) is 0 Å². The van der Waals surface area contributed by atoms with Crippen molar-refractivity contribution >= 4 is 11.6 Å². The van der Waals surface area contributed by atoms with Crippen LogP contribution in [0.4, 0.5) is 18.9 Å². The van der Waals surface area contributed by atoms with Gasteiger partial charge in [-0.15, -0.1) is 0 Å². The average molecular weight is 232 g/mol. The number of carbonyl (C=O) groups is 1. The topological polar surface area (TPSA) is 55.1 Å². The van der Waals surface area contributed by atoms with Gasteiger partial charge in [0, 0.05) is 6.54 Å². The standard InChI is InChI=1S/C10H11F3N2O/c1-2-15-9(16)6-4-3-5-7(8(6)14)10(11,12)13/h3-5H,2,14H2,1H3,(H,15,16). The van der Waals surface area contributed by atoms with Gasteiger partial charge in [-0.1, -0.05) is 6.07 Å². The lowest BCUT2D eigenvalue weighted by molar-refractivity contribution is -0.136. The second kappa shape index (κ2) is 4.42. The third kappa shape index (κ3) is 2.44. The predicted octanol–water partition coefficient (Wildman–Crippen LogP) is 2.04. The van der Waals surface area contributed by atoms with Crippen molar-refractivity contribution in [3.8, 4) is 0 Å². The first-order chi connectivity index (χ1) is 7.38. The van der Waals surface area contributed by atoms with E-state index in [2.05, 4.69) is 5.32 Å². The molecule has 0 spiro atoms. The van der Waals surface area contributed by atoms with E-state index in [0.29, 0.717) is 6.54 Å². The summed E-state index contributed by atoms with van der Waals surface area (Å²) < 4.78 is 37.4. The third-order valence-electron chi connectivity index (χ3n) is 1.99. The van der Waals surface area contributed by atoms with Crippen LogP contribution in [-0.4, -0.2) is 12.5 Å². The number of benzene rings is 1. The summed E-state index contributed by atoms with van der Waals surface area (Å²) in [7, 11) is 0. The lowest BCUT2D eigenvalue weighted by Gasteiger charge is -2.12. The number of nitrogens with one attached hydrogen (secondary N) is 1. The molecule has 1 aromatic rings. The quantitative estimate of drug-likeness (QED) is 0.766. The van der Waals surface area contributed by atoms with Gasteiger partial charge in [-0.25, -0.2) is 0 Å². The summed E-state index contributed by atoms with van der Waals surface area (Å²) in [5, 5.41) is 2.40. The zero-order valence-electron chi connectivity index (χ0n) is 8.56. The SMILES string of the molecule is CCNC(=O)c1cccc(C(F)(F)F)c1N. The Bertz CT molecular complexity index is 402. The minimum atomic E-state index is -4.55. The highest BCUT2D eigenvalue weighted by molar-refractivity contribution is 5.99. The fraction of sp³-hybridized carbons (Fsp3) is 0.300. The van der Waals surface area contributed by atoms with E-state index in [4.69, 9.17) is 5.73 Å². The Labute approximate surface area is 90.4 Å². The number of halogens is 3. The van der Waals surface area contributed by atoms with E-state index in [1.165, 1.54) is 6.07 Å². The number of carbonyl (C=O) groups excluding carboxylic acids is 1. The van der Waals surface area contributed by atoms with E-state index in [1.54, 1.807) is 6.92 Å². The van der Waals surface area contributed by atoms with Gasteiger partial charge in [0.2, 0.25) is 0 Å². The van der Waals surface area contributed by atoms with E-state index in [-0.39, 0.29) is 5.56 Å². The Hall–Kier alpha value is -1.72. The molecule has 1 rings (SSSR count). The Balaban J connectivity index is 3.19. The maximum atomic E-state index is 12.5. The van der Waals surface area contributed by atoms with E-state index < -0.39 is 23.3 Å². The first-order valence-electron chi connectivity index (χ1n) is 4.61. The maximum Gasteiger partial charge on any atom is 0.418 e. The van der Waals surface area contributed by atoms with Gasteiger partial charge in [0.25, 0.3) is 5.91 Å². The van der Waals surface area contributed by atoms with Gasteiger partial charge in [0.1, 0.15) is 0 Å². The summed E-state index contributed by atoms with van der Waals surface area (Å²) in [6.07, 6.45) is -4.55. The number of hydrogen-bond acceptors (Lipinski definition) is 2. The van der Waals surface area contributed by atoms with Crippen molar-refractivity contribution < 1.29 is 18.0 Å². The first kappa shape index (κ1) is 12.4. The van der Waals surface area contributed by atoms with Crippen molar-refractivity contribution in [2.24, 2.45) is 0 Å². The molecule has 0 fully saturated rings. The lowest BCUT2D eigenvalue weighted by atomic mass is 10.1. The van der Waals surface area contributed by atoms with Gasteiger partial charge < -0.3 is 11.1 Å². The van der Waals surface area contributed by atoms with Crippen molar-refractivity contribution in [1.29, 1.82) is 0 Å². The summed E-state index contributed by atoms with van der Waals surface area (Å²) in [6.45, 7) is 2.00. The van der Waals surface area contributed by atoms with Crippen LogP contribution in [0.3, 0.4) is 0 Å². The van der Waals surface area contributed by atoms with Crippen LogP contribution >= 0.6 is 0 Å². The van der Waals surface area contributed by atoms with Crippen LogP contribution in [0.15, 0.2) is 18.2 Å². The number of alkyl halides is 3. The summed E-state index contributed by atoms with van der Waals surface area (Å²) in [5.41, 5.74) is 3.63. The molecular weight excluding hydrogens is 221 g/mol. The minimum absolute atomic E-state index is 0.156. The maximum absolute atomic E-state index is 12.5. The summed E-state index contributed by atoms with van der Waals surface area (Å²) in [5.74, 6) is -0.605. The molecule has 0 unspecified atom stereocenters. The van der Waals surface area contributed by atoms with Crippen LogP contribution in [-0.2, 0) is 6.18 Å². The second-order valence-corrected chi connectivity index (χ2v) is 3.12. The Kier molecular flexibility index (Phi) is 3.41. The number of anilines is 1. The normalized spacial score (nSPS) is 11.2. The Morgan fingerprint density at radius 2 is 2.06 bits per heavy atom. The van der Waals surface area contributed by atoms with E-state index in [0.717, 1.165) is 12.1 Å². The number of amides is 1. The van der Waals surface area contributed by atoms with Gasteiger partial charge in [-0.3, -0.25) is 4.79 Å². The van der Waals surface area contributed by atoms with Crippen LogP contribution in [0.25, 0.3) is 0 Å². The Morgan fingerprint density at radius 3 is 2.56 bits per heavy atom. The molecule has 88 valence electrons. The Morgan fingerprint density at radius 1 is 1.44 bits per heavy atom. The number of nitrogen functional groups attached to an aromatic ring is 1. The van der Waals surface area contributed by atoms with Gasteiger partial charge in [-0.05, 0) is 19.1 Å². The fourth-order valence-corrected chi connectivity index (χ4v) is 1.27. The molecule has 0 aliphatic heterocycles. The van der Waals surface area contributed by atoms with Crippen molar-refractivity contribution in [3.05, 3.63) is 29.3 Å². The van der Waals surface area contributed by atoms with Gasteiger partial charge in [-0.2, -0.15) is 13.2 Å². The highest BCUT2D eigenvalue weighted by Gasteiger charge is 2.34. The van der Waals surface area contributed by atoms with Crippen molar-refractivity contribution in [1.82, 2.24) is 5.32 Å². The molecule has 1 amide bonds. The molecule has 0 atom stereocenters. The third-order valence-corrected chi connectivity index (χ3v) is 1.99. The molecule has 16 heavy (non-hydrogen) atoms. The number of rotatable bonds is 2. The van der Waals surface area contributed by atoms with E-state index >= 15 is 0 Å². The number of para-hydroxylation sites is 1. The zero-order valence-corrected chi connectivity index (χ0v) is 8.56. The number of hydrogen-bond donors (Lipinski definition) is 2. The largest absolute Gasteiger partial charge is 0.418 e. The predicted molar refractivity (Wildman–Crippen MR) is 53.9 cm³/mol. The molecule has 0 aliphatic carbocycles. The minimum Gasteiger partial charge on any atom is -0.398 e. The van der Waals surface area contributed by atoms with Crippen molar-refractivity contribution in [2.75, 3.05) is 12.3 Å². The monoisotopic (exact) mass is 232 g/mol. The number of nitrogens with two attached hydrogens (primary N) is 1. The smallest absolute Gasteiger partial charge is 0.398 e. The molecule has 0 aliphatic rings. The summed E-state index contributed by atoms with van der Waals surface area (Å²) >= 11 is 0. The molecule has 0 radical (unpaired) electrons. The summed E-state index contributed by atoms with van der Waals surface area (Å²) in [4.78, 5) is 11.4. The van der Waals surface area contributed by atoms with Crippen LogP contribution in [0, 0.1) is 0 Å². The van der Waals surface area contributed by atoms with E-state index in [1.807, 2.05) is 0 Å². The second-order valence-electron chi connectivity index (χ2n) is 3.12. The highest BCUT2D eigenvalue weighted by Crippen LogP contribution is 2.34. The lowest BCUT2D eigenvalue weighted by Crippen LogP contribution is -2.24. The molecule has 0 saturated carbocycles. The van der Waals surface area contributed by atoms with E-state index in [9.17, 15) is 18.0 Å². The van der Waals surface area contributed by atoms with Crippen LogP contribution in [0.2, 0.25) is 0 Å². The van der Waals surface area contributed by atoms with Crippen LogP contribution in [0.1, 0.15) is 22.8 Å². The molecule has 1 aromatic carbocycles. The zero-order chi connectivity index (χ0) is 12.3. The fourth-order valence-electron chi connectivity index (χ4n) is 1.27. The summed E-state index contributed by atoms with van der Waals surface area (Å²) in [6, 6.07) is 3.26. The molecule has 6 heteroatoms. The van der Waals surface area contributed by atoms with Crippen LogP contribution < -0.4 is 11.1 Å². The van der Waals surface area contributed by atoms with Crippen molar-refractivity contribution in [2.45, 2.75) is 13.1 Å². The van der Waals surface area contributed by atoms with Gasteiger partial charge in [0.05, 0.1) is 16.8 Å². The average Bonchev–Trinajstić information content (AvgIpc) is 2.16. The molecule has 0 saturated heterocycles. The highest BCUT2D eigenvalue weighted by atomic mass is 19.4. The van der Waals surface area contributed by atoms with Gasteiger partial charge in [0.15, 0.2) is 0 Å². The molecule has 0 bridgehead atoms. The first-order valence-corrected chi connectivity index (χ1v) is 4.61. The molecule has 3 nitrogen and oxygen atoms in total. The molecule has 3 N–H and O–H groups in total. The molecule has 0 heterocycles.